The number of aryl methyl sites for hydroxylation is 1. The molecule has 0 fully saturated rings. The lowest BCUT2D eigenvalue weighted by Gasteiger charge is -2.31. The van der Waals surface area contributed by atoms with Crippen LogP contribution in [0, 0.1) is 6.92 Å². The van der Waals surface area contributed by atoms with E-state index in [0.29, 0.717) is 24.5 Å². The molecule has 1 aromatic carbocycles. The van der Waals surface area contributed by atoms with Crippen LogP contribution in [-0.4, -0.2) is 35.8 Å². The van der Waals surface area contributed by atoms with Crippen molar-refractivity contribution in [3.63, 3.8) is 0 Å². The number of hydrogen-bond acceptors (Lipinski definition) is 2. The standard InChI is InChI=1S/C16H18ClF2NO2/c1-3-22-11-4-5-12(10(2)8-11)14-7-6-13(17)16(21)20(14)9-15(18)19/h4-5,7-8,13,15H,3,6,9H2,1-2H3. The average molecular weight is 330 g/mol. The number of nitrogens with zero attached hydrogens (tertiary/aromatic N) is 1. The highest BCUT2D eigenvalue weighted by Gasteiger charge is 2.32. The molecule has 0 aromatic heterocycles. The van der Waals surface area contributed by atoms with Crippen molar-refractivity contribution in [3.8, 4) is 5.75 Å². The zero-order valence-electron chi connectivity index (χ0n) is 12.5. The number of rotatable bonds is 5. The molecule has 0 saturated carbocycles. The first-order valence-electron chi connectivity index (χ1n) is 7.11. The third-order valence-electron chi connectivity index (χ3n) is 3.45. The summed E-state index contributed by atoms with van der Waals surface area (Å²) in [6.45, 7) is 3.64. The highest BCUT2D eigenvalue weighted by molar-refractivity contribution is 6.31. The second kappa shape index (κ2) is 7.09. The van der Waals surface area contributed by atoms with Gasteiger partial charge in [0.25, 0.3) is 6.43 Å². The highest BCUT2D eigenvalue weighted by Crippen LogP contribution is 2.32. The summed E-state index contributed by atoms with van der Waals surface area (Å²) in [5, 5.41) is -0.787. The molecule has 6 heteroatoms. The normalized spacial score (nSPS) is 18.6. The molecule has 0 N–H and O–H groups in total. The monoisotopic (exact) mass is 329 g/mol. The maximum Gasteiger partial charge on any atom is 0.256 e. The predicted octanol–water partition coefficient (Wildman–Crippen LogP) is 3.84. The molecule has 1 aliphatic heterocycles. The van der Waals surface area contributed by atoms with Crippen molar-refractivity contribution >= 4 is 23.2 Å². The summed E-state index contributed by atoms with van der Waals surface area (Å²) in [7, 11) is 0. The van der Waals surface area contributed by atoms with Gasteiger partial charge in [0, 0.05) is 11.3 Å². The molecule has 120 valence electrons. The lowest BCUT2D eigenvalue weighted by Crippen LogP contribution is -2.41. The predicted molar refractivity (Wildman–Crippen MR) is 82.3 cm³/mol. The van der Waals surface area contributed by atoms with E-state index >= 15 is 0 Å². The van der Waals surface area contributed by atoms with E-state index in [9.17, 15) is 13.6 Å². The van der Waals surface area contributed by atoms with E-state index in [2.05, 4.69) is 0 Å². The summed E-state index contributed by atoms with van der Waals surface area (Å²) in [5.74, 6) is 0.231. The maximum atomic E-state index is 12.8. The summed E-state index contributed by atoms with van der Waals surface area (Å²) in [6, 6.07) is 5.38. The molecule has 0 saturated heterocycles. The van der Waals surface area contributed by atoms with E-state index in [0.717, 1.165) is 16.0 Å². The van der Waals surface area contributed by atoms with Crippen molar-refractivity contribution in [2.45, 2.75) is 32.1 Å². The van der Waals surface area contributed by atoms with E-state index in [-0.39, 0.29) is 0 Å². The Bertz CT molecular complexity index is 590. The zero-order chi connectivity index (χ0) is 16.3. The van der Waals surface area contributed by atoms with Crippen molar-refractivity contribution in [2.75, 3.05) is 13.2 Å². The van der Waals surface area contributed by atoms with Gasteiger partial charge >= 0.3 is 0 Å². The largest absolute Gasteiger partial charge is 0.494 e. The Morgan fingerprint density at radius 1 is 1.45 bits per heavy atom. The number of allylic oxidation sites excluding steroid dienone is 1. The van der Waals surface area contributed by atoms with Crippen LogP contribution in [0.15, 0.2) is 24.3 Å². The molecule has 0 radical (unpaired) electrons. The third-order valence-corrected chi connectivity index (χ3v) is 3.81. The van der Waals surface area contributed by atoms with Gasteiger partial charge in [0.05, 0.1) is 13.2 Å². The summed E-state index contributed by atoms with van der Waals surface area (Å²) in [5.41, 5.74) is 2.08. The molecule has 3 nitrogen and oxygen atoms in total. The Hall–Kier alpha value is -1.62. The Labute approximate surface area is 133 Å². The van der Waals surface area contributed by atoms with Crippen molar-refractivity contribution in [3.05, 3.63) is 35.4 Å². The van der Waals surface area contributed by atoms with Crippen LogP contribution in [0.4, 0.5) is 8.78 Å². The number of halogens is 3. The lowest BCUT2D eigenvalue weighted by molar-refractivity contribution is -0.129. The number of amides is 1. The van der Waals surface area contributed by atoms with Gasteiger partial charge < -0.3 is 9.64 Å². The van der Waals surface area contributed by atoms with Gasteiger partial charge in [-0.05, 0) is 44.0 Å². The number of carbonyl (C=O) groups excluding carboxylic acids is 1. The zero-order valence-corrected chi connectivity index (χ0v) is 13.2. The number of ether oxygens (including phenoxy) is 1. The molecule has 22 heavy (non-hydrogen) atoms. The van der Waals surface area contributed by atoms with Gasteiger partial charge in [-0.2, -0.15) is 0 Å². The molecule has 1 aliphatic rings. The maximum absolute atomic E-state index is 12.8. The molecule has 0 aliphatic carbocycles. The average Bonchev–Trinajstić information content (AvgIpc) is 2.45. The van der Waals surface area contributed by atoms with Crippen LogP contribution >= 0.6 is 11.6 Å². The number of carbonyl (C=O) groups is 1. The van der Waals surface area contributed by atoms with E-state index in [1.807, 2.05) is 19.9 Å². The van der Waals surface area contributed by atoms with Gasteiger partial charge in [-0.15, -0.1) is 11.6 Å². The Balaban J connectivity index is 2.37. The van der Waals surface area contributed by atoms with Crippen molar-refractivity contribution in [2.24, 2.45) is 0 Å². The van der Waals surface area contributed by atoms with Gasteiger partial charge in [-0.25, -0.2) is 8.78 Å². The first-order valence-corrected chi connectivity index (χ1v) is 7.55. The quantitative estimate of drug-likeness (QED) is 0.768. The second-order valence-corrected chi connectivity index (χ2v) is 5.57. The van der Waals surface area contributed by atoms with Gasteiger partial charge in [0.1, 0.15) is 11.1 Å². The van der Waals surface area contributed by atoms with Crippen LogP contribution in [0.5, 0.6) is 5.75 Å². The number of alkyl halides is 3. The van der Waals surface area contributed by atoms with E-state index in [4.69, 9.17) is 16.3 Å². The third kappa shape index (κ3) is 3.58. The fourth-order valence-electron chi connectivity index (χ4n) is 2.48. The summed E-state index contributed by atoms with van der Waals surface area (Å²) in [6.07, 6.45) is -0.538. The summed E-state index contributed by atoms with van der Waals surface area (Å²) < 4.78 is 31.0. The molecule has 0 spiro atoms. The smallest absolute Gasteiger partial charge is 0.256 e. The van der Waals surface area contributed by atoms with Crippen LogP contribution < -0.4 is 4.74 Å². The first-order chi connectivity index (χ1) is 10.4. The molecule has 1 unspecified atom stereocenters. The van der Waals surface area contributed by atoms with Crippen molar-refractivity contribution < 1.29 is 18.3 Å². The minimum atomic E-state index is -2.61. The summed E-state index contributed by atoms with van der Waals surface area (Å²) in [4.78, 5) is 13.2. The Morgan fingerprint density at radius 2 is 2.18 bits per heavy atom. The second-order valence-electron chi connectivity index (χ2n) is 5.04. The van der Waals surface area contributed by atoms with E-state index in [1.165, 1.54) is 0 Å². The topological polar surface area (TPSA) is 29.5 Å². The van der Waals surface area contributed by atoms with E-state index in [1.54, 1.807) is 18.2 Å². The van der Waals surface area contributed by atoms with E-state index < -0.39 is 24.3 Å². The molecular formula is C16H18ClF2NO2. The summed E-state index contributed by atoms with van der Waals surface area (Å²) >= 11 is 5.90. The SMILES string of the molecule is CCOc1ccc(C2=CCC(Cl)C(=O)N2CC(F)F)c(C)c1. The molecule has 1 heterocycles. The number of benzene rings is 1. The minimum absolute atomic E-state index is 0.335. The van der Waals surface area contributed by atoms with Crippen LogP contribution in [0.2, 0.25) is 0 Å². The van der Waals surface area contributed by atoms with Crippen LogP contribution in [0.1, 0.15) is 24.5 Å². The fraction of sp³-hybridized carbons (Fsp3) is 0.438. The van der Waals surface area contributed by atoms with Crippen molar-refractivity contribution in [1.29, 1.82) is 0 Å². The number of hydrogen-bond donors (Lipinski definition) is 0. The van der Waals surface area contributed by atoms with Crippen LogP contribution in [-0.2, 0) is 4.79 Å². The molecule has 0 bridgehead atoms. The molecule has 1 aromatic rings. The molecule has 2 rings (SSSR count). The Morgan fingerprint density at radius 3 is 2.77 bits per heavy atom. The first kappa shape index (κ1) is 16.7. The molecular weight excluding hydrogens is 312 g/mol. The lowest BCUT2D eigenvalue weighted by atomic mass is 9.99. The fourth-order valence-corrected chi connectivity index (χ4v) is 2.68. The molecule has 1 amide bonds. The minimum Gasteiger partial charge on any atom is -0.494 e. The molecule has 1 atom stereocenters. The van der Waals surface area contributed by atoms with Gasteiger partial charge in [-0.1, -0.05) is 6.08 Å². The Kier molecular flexibility index (Phi) is 5.40. The highest BCUT2D eigenvalue weighted by atomic mass is 35.5. The van der Waals surface area contributed by atoms with Gasteiger partial charge in [-0.3, -0.25) is 4.79 Å². The van der Waals surface area contributed by atoms with Crippen LogP contribution in [0.25, 0.3) is 5.70 Å². The van der Waals surface area contributed by atoms with Crippen LogP contribution in [0.3, 0.4) is 0 Å². The van der Waals surface area contributed by atoms with Crippen molar-refractivity contribution in [1.82, 2.24) is 4.90 Å². The van der Waals surface area contributed by atoms with Gasteiger partial charge in [0.2, 0.25) is 5.91 Å². The van der Waals surface area contributed by atoms with Gasteiger partial charge in [0.15, 0.2) is 0 Å².